The van der Waals surface area contributed by atoms with Crippen molar-refractivity contribution in [3.63, 3.8) is 0 Å². The summed E-state index contributed by atoms with van der Waals surface area (Å²) in [7, 11) is 0. The van der Waals surface area contributed by atoms with E-state index in [4.69, 9.17) is 4.74 Å². The number of carbonyl (C=O) groups is 1. The van der Waals surface area contributed by atoms with Gasteiger partial charge in [-0.2, -0.15) is 0 Å². The Morgan fingerprint density at radius 2 is 2.11 bits per heavy atom. The molecule has 0 amide bonds. The van der Waals surface area contributed by atoms with Crippen molar-refractivity contribution in [1.82, 2.24) is 5.32 Å². The second-order valence-corrected chi connectivity index (χ2v) is 4.85. The first-order chi connectivity index (χ1) is 8.69. The smallest absolute Gasteiger partial charge is 0.140 e. The van der Waals surface area contributed by atoms with Crippen LogP contribution in [0.4, 0.5) is 0 Å². The third kappa shape index (κ3) is 2.41. The van der Waals surface area contributed by atoms with E-state index in [-0.39, 0.29) is 11.2 Å². The minimum atomic E-state index is -0.321. The predicted octanol–water partition coefficient (Wildman–Crippen LogP) is 2.30. The molecule has 0 saturated carbocycles. The fourth-order valence-electron chi connectivity index (χ4n) is 2.75. The van der Waals surface area contributed by atoms with Crippen LogP contribution in [0.25, 0.3) is 0 Å². The molecule has 1 saturated heterocycles. The lowest BCUT2D eigenvalue weighted by Crippen LogP contribution is -2.44. The Hall–Kier alpha value is -1.35. The van der Waals surface area contributed by atoms with Crippen molar-refractivity contribution in [3.05, 3.63) is 29.8 Å². The molecule has 0 spiro atoms. The van der Waals surface area contributed by atoms with Gasteiger partial charge in [-0.1, -0.05) is 12.1 Å². The van der Waals surface area contributed by atoms with Gasteiger partial charge in [0.25, 0.3) is 0 Å². The van der Waals surface area contributed by atoms with Gasteiger partial charge < -0.3 is 10.1 Å². The summed E-state index contributed by atoms with van der Waals surface area (Å²) in [5.74, 6) is 1.12. The Balaban J connectivity index is 2.36. The minimum absolute atomic E-state index is 0.262. The standard InChI is InChI=1S/C15H21NO2/c1-3-18-14-6-4-5-13(11-14)15(12(2)17)7-9-16-10-8-15/h4-6,11,16H,3,7-10H2,1-2H3. The number of carbonyl (C=O) groups excluding carboxylic acids is 1. The maximum atomic E-state index is 12.1. The Morgan fingerprint density at radius 3 is 2.72 bits per heavy atom. The van der Waals surface area contributed by atoms with E-state index in [1.54, 1.807) is 6.92 Å². The van der Waals surface area contributed by atoms with Crippen molar-refractivity contribution in [2.75, 3.05) is 19.7 Å². The Bertz CT molecular complexity index is 422. The number of rotatable bonds is 4. The highest BCUT2D eigenvalue weighted by Gasteiger charge is 2.38. The molecule has 1 fully saturated rings. The van der Waals surface area contributed by atoms with Gasteiger partial charge >= 0.3 is 0 Å². The molecular formula is C15H21NO2. The second-order valence-electron chi connectivity index (χ2n) is 4.85. The van der Waals surface area contributed by atoms with Gasteiger partial charge in [-0.3, -0.25) is 4.79 Å². The summed E-state index contributed by atoms with van der Waals surface area (Å²) < 4.78 is 5.54. The van der Waals surface area contributed by atoms with E-state index in [2.05, 4.69) is 11.4 Å². The third-order valence-electron chi connectivity index (χ3n) is 3.83. The molecule has 1 aliphatic rings. The molecule has 3 nitrogen and oxygen atoms in total. The Labute approximate surface area is 109 Å². The fourth-order valence-corrected chi connectivity index (χ4v) is 2.75. The van der Waals surface area contributed by atoms with Crippen LogP contribution < -0.4 is 10.1 Å². The lowest BCUT2D eigenvalue weighted by atomic mass is 9.70. The summed E-state index contributed by atoms with van der Waals surface area (Å²) in [4.78, 5) is 12.1. The van der Waals surface area contributed by atoms with E-state index in [1.807, 2.05) is 25.1 Å². The van der Waals surface area contributed by atoms with Crippen LogP contribution >= 0.6 is 0 Å². The zero-order valence-electron chi connectivity index (χ0n) is 11.2. The summed E-state index contributed by atoms with van der Waals surface area (Å²) in [6.07, 6.45) is 1.75. The van der Waals surface area contributed by atoms with Gasteiger partial charge in [0.1, 0.15) is 11.5 Å². The number of nitrogens with one attached hydrogen (secondary N) is 1. The van der Waals surface area contributed by atoms with Crippen molar-refractivity contribution < 1.29 is 9.53 Å². The molecule has 2 rings (SSSR count). The highest BCUT2D eigenvalue weighted by atomic mass is 16.5. The van der Waals surface area contributed by atoms with Crippen molar-refractivity contribution in [2.24, 2.45) is 0 Å². The highest BCUT2D eigenvalue weighted by molar-refractivity contribution is 5.88. The van der Waals surface area contributed by atoms with Crippen molar-refractivity contribution in [2.45, 2.75) is 32.1 Å². The van der Waals surface area contributed by atoms with Crippen LogP contribution in [0.5, 0.6) is 5.75 Å². The van der Waals surface area contributed by atoms with Crippen LogP contribution in [0, 0.1) is 0 Å². The molecule has 0 aromatic heterocycles. The summed E-state index contributed by atoms with van der Waals surface area (Å²) in [5.41, 5.74) is 0.778. The molecule has 1 aliphatic heterocycles. The number of hydrogen-bond donors (Lipinski definition) is 1. The average Bonchev–Trinajstić information content (AvgIpc) is 2.40. The summed E-state index contributed by atoms with van der Waals surface area (Å²) >= 11 is 0. The molecule has 18 heavy (non-hydrogen) atoms. The lowest BCUT2D eigenvalue weighted by Gasteiger charge is -2.36. The number of piperidine rings is 1. The van der Waals surface area contributed by atoms with Crippen LogP contribution in [0.2, 0.25) is 0 Å². The molecule has 0 aliphatic carbocycles. The number of ketones is 1. The number of benzene rings is 1. The summed E-state index contributed by atoms with van der Waals surface area (Å²) in [5, 5.41) is 3.32. The largest absolute Gasteiger partial charge is 0.494 e. The van der Waals surface area contributed by atoms with Crippen molar-refractivity contribution >= 4 is 5.78 Å². The molecule has 0 radical (unpaired) electrons. The maximum absolute atomic E-state index is 12.1. The lowest BCUT2D eigenvalue weighted by molar-refractivity contribution is -0.123. The van der Waals surface area contributed by atoms with Gasteiger partial charge in [-0.15, -0.1) is 0 Å². The van der Waals surface area contributed by atoms with Crippen LogP contribution in [0.1, 0.15) is 32.3 Å². The van der Waals surface area contributed by atoms with Gasteiger partial charge in [-0.05, 0) is 57.5 Å². The van der Waals surface area contributed by atoms with Crippen LogP contribution in [0.15, 0.2) is 24.3 Å². The Kier molecular flexibility index (Phi) is 4.02. The topological polar surface area (TPSA) is 38.3 Å². The quantitative estimate of drug-likeness (QED) is 0.887. The molecule has 0 bridgehead atoms. The predicted molar refractivity (Wildman–Crippen MR) is 72.1 cm³/mol. The molecule has 3 heteroatoms. The molecule has 98 valence electrons. The molecule has 1 aromatic carbocycles. The SMILES string of the molecule is CCOc1cccc(C2(C(C)=O)CCNCC2)c1. The molecule has 1 heterocycles. The van der Waals surface area contributed by atoms with Gasteiger partial charge in [-0.25, -0.2) is 0 Å². The molecule has 1 N–H and O–H groups in total. The molecular weight excluding hydrogens is 226 g/mol. The second kappa shape index (κ2) is 5.53. The van der Waals surface area contributed by atoms with Crippen molar-refractivity contribution in [1.29, 1.82) is 0 Å². The van der Waals surface area contributed by atoms with E-state index in [1.165, 1.54) is 0 Å². The zero-order chi connectivity index (χ0) is 13.0. The van der Waals surface area contributed by atoms with E-state index in [0.717, 1.165) is 37.2 Å². The van der Waals surface area contributed by atoms with Crippen LogP contribution in [-0.2, 0) is 10.2 Å². The fraction of sp³-hybridized carbons (Fsp3) is 0.533. The van der Waals surface area contributed by atoms with E-state index < -0.39 is 0 Å². The monoisotopic (exact) mass is 247 g/mol. The third-order valence-corrected chi connectivity index (χ3v) is 3.83. The molecule has 0 unspecified atom stereocenters. The number of Topliss-reactive ketones (excluding diaryl/α,β-unsaturated/α-hetero) is 1. The normalized spacial score (nSPS) is 18.3. The minimum Gasteiger partial charge on any atom is -0.494 e. The van der Waals surface area contributed by atoms with Gasteiger partial charge in [0.15, 0.2) is 0 Å². The first-order valence-electron chi connectivity index (χ1n) is 6.64. The number of ether oxygens (including phenoxy) is 1. The summed E-state index contributed by atoms with van der Waals surface area (Å²) in [6, 6.07) is 8.00. The van der Waals surface area contributed by atoms with Crippen LogP contribution in [-0.4, -0.2) is 25.5 Å². The average molecular weight is 247 g/mol. The molecule has 1 aromatic rings. The highest BCUT2D eigenvalue weighted by Crippen LogP contribution is 2.35. The first kappa shape index (κ1) is 13.1. The molecule has 0 atom stereocenters. The maximum Gasteiger partial charge on any atom is 0.140 e. The van der Waals surface area contributed by atoms with E-state index in [9.17, 15) is 4.79 Å². The first-order valence-corrected chi connectivity index (χ1v) is 6.64. The van der Waals surface area contributed by atoms with Gasteiger partial charge in [0.2, 0.25) is 0 Å². The van der Waals surface area contributed by atoms with Crippen LogP contribution in [0.3, 0.4) is 0 Å². The zero-order valence-corrected chi connectivity index (χ0v) is 11.2. The van der Waals surface area contributed by atoms with Gasteiger partial charge in [0.05, 0.1) is 12.0 Å². The summed E-state index contributed by atoms with van der Waals surface area (Å²) in [6.45, 7) is 6.13. The van der Waals surface area contributed by atoms with E-state index >= 15 is 0 Å². The van der Waals surface area contributed by atoms with Crippen molar-refractivity contribution in [3.8, 4) is 5.75 Å². The number of hydrogen-bond acceptors (Lipinski definition) is 3. The van der Waals surface area contributed by atoms with Gasteiger partial charge in [0, 0.05) is 0 Å². The Morgan fingerprint density at radius 1 is 1.39 bits per heavy atom. The van der Waals surface area contributed by atoms with E-state index in [0.29, 0.717) is 6.61 Å².